The highest BCUT2D eigenvalue weighted by Crippen LogP contribution is 2.32. The van der Waals surface area contributed by atoms with Gasteiger partial charge in [0.2, 0.25) is 10.0 Å². The van der Waals surface area contributed by atoms with Gasteiger partial charge in [0.1, 0.15) is 0 Å². The topological polar surface area (TPSA) is 89.3 Å². The lowest BCUT2D eigenvalue weighted by Crippen LogP contribution is -2.27. The molecule has 1 aliphatic rings. The van der Waals surface area contributed by atoms with Crippen molar-refractivity contribution in [3.8, 4) is 0 Å². The van der Waals surface area contributed by atoms with Crippen LogP contribution in [0.5, 0.6) is 0 Å². The molecule has 0 fully saturated rings. The van der Waals surface area contributed by atoms with Crippen molar-refractivity contribution in [2.24, 2.45) is 5.14 Å². The molecule has 120 valence electrons. The zero-order valence-electron chi connectivity index (χ0n) is 12.1. The minimum absolute atomic E-state index is 0.105. The second-order valence-electron chi connectivity index (χ2n) is 5.48. The Kier molecular flexibility index (Phi) is 4.43. The molecule has 0 saturated heterocycles. The Labute approximate surface area is 148 Å². The minimum Gasteiger partial charge on any atom is -0.345 e. The zero-order chi connectivity index (χ0) is 16.6. The molecule has 0 aliphatic heterocycles. The van der Waals surface area contributed by atoms with Crippen molar-refractivity contribution in [2.75, 3.05) is 0 Å². The molecule has 0 aromatic heterocycles. The smallest absolute Gasteiger partial charge is 0.251 e. The minimum atomic E-state index is -3.70. The molecule has 0 radical (unpaired) electrons. The first-order chi connectivity index (χ1) is 10.8. The molecule has 2 aromatic rings. The summed E-state index contributed by atoms with van der Waals surface area (Å²) in [6.45, 7) is 0. The highest BCUT2D eigenvalue weighted by atomic mass is 127. The van der Waals surface area contributed by atoms with Crippen LogP contribution in [0.1, 0.15) is 33.9 Å². The quantitative estimate of drug-likeness (QED) is 0.716. The number of fused-ring (bicyclic) bond motifs is 1. The summed E-state index contributed by atoms with van der Waals surface area (Å²) in [6, 6.07) is 12.1. The number of carbonyl (C=O) groups excluding carboxylic acids is 1. The Balaban J connectivity index is 1.80. The van der Waals surface area contributed by atoms with Gasteiger partial charge < -0.3 is 5.32 Å². The number of rotatable bonds is 3. The lowest BCUT2D eigenvalue weighted by Gasteiger charge is -2.14. The monoisotopic (exact) mass is 442 g/mol. The van der Waals surface area contributed by atoms with Crippen LogP contribution in [0, 0.1) is 3.57 Å². The van der Waals surface area contributed by atoms with Gasteiger partial charge in [-0.05, 0) is 83.0 Å². The van der Waals surface area contributed by atoms with Crippen LogP contribution in [0.15, 0.2) is 47.4 Å². The SMILES string of the molecule is NS(=O)(=O)c1ccc2c(c1)CCC2NC(=O)c1ccc(I)cc1. The van der Waals surface area contributed by atoms with Crippen molar-refractivity contribution in [2.45, 2.75) is 23.8 Å². The summed E-state index contributed by atoms with van der Waals surface area (Å²) in [6.07, 6.45) is 1.47. The molecule has 1 amide bonds. The lowest BCUT2D eigenvalue weighted by molar-refractivity contribution is 0.0936. The highest BCUT2D eigenvalue weighted by molar-refractivity contribution is 14.1. The lowest BCUT2D eigenvalue weighted by atomic mass is 10.1. The summed E-state index contributed by atoms with van der Waals surface area (Å²) in [5.74, 6) is -0.130. The maximum atomic E-state index is 12.3. The largest absolute Gasteiger partial charge is 0.345 e. The van der Waals surface area contributed by atoms with Gasteiger partial charge in [0.25, 0.3) is 5.91 Å². The number of sulfonamides is 1. The van der Waals surface area contributed by atoms with Gasteiger partial charge in [-0.15, -0.1) is 0 Å². The van der Waals surface area contributed by atoms with E-state index in [1.165, 1.54) is 6.07 Å². The van der Waals surface area contributed by atoms with Crippen LogP contribution in [0.4, 0.5) is 0 Å². The summed E-state index contributed by atoms with van der Waals surface area (Å²) in [5, 5.41) is 8.16. The van der Waals surface area contributed by atoms with Crippen molar-refractivity contribution >= 4 is 38.5 Å². The average Bonchev–Trinajstić information content (AvgIpc) is 2.89. The molecule has 3 rings (SSSR count). The van der Waals surface area contributed by atoms with Crippen LogP contribution >= 0.6 is 22.6 Å². The third-order valence-electron chi connectivity index (χ3n) is 3.93. The Hall–Kier alpha value is -1.45. The Morgan fingerprint density at radius 1 is 1.17 bits per heavy atom. The predicted octanol–water partition coefficient (Wildman–Crippen LogP) is 2.36. The van der Waals surface area contributed by atoms with Gasteiger partial charge in [-0.3, -0.25) is 4.79 Å². The van der Waals surface area contributed by atoms with Crippen LogP contribution in [-0.2, 0) is 16.4 Å². The van der Waals surface area contributed by atoms with Crippen LogP contribution in [0.25, 0.3) is 0 Å². The van der Waals surface area contributed by atoms with Gasteiger partial charge in [0.05, 0.1) is 10.9 Å². The molecule has 0 bridgehead atoms. The first kappa shape index (κ1) is 16.4. The van der Waals surface area contributed by atoms with Crippen LogP contribution < -0.4 is 10.5 Å². The summed E-state index contributed by atoms with van der Waals surface area (Å²) >= 11 is 2.19. The highest BCUT2D eigenvalue weighted by Gasteiger charge is 2.25. The van der Waals surface area contributed by atoms with E-state index in [0.717, 1.165) is 27.5 Å². The maximum absolute atomic E-state index is 12.3. The standard InChI is InChI=1S/C16H15IN2O3S/c17-12-4-1-10(2-5-12)16(20)19-15-8-3-11-9-13(23(18,21)22)6-7-14(11)15/h1-2,4-7,9,15H,3,8H2,(H,19,20)(H2,18,21,22). The number of benzene rings is 2. The van der Waals surface area contributed by atoms with E-state index in [1.54, 1.807) is 24.3 Å². The molecule has 3 N–H and O–H groups in total. The molecule has 2 aromatic carbocycles. The Bertz CT molecular complexity index is 863. The predicted molar refractivity (Wildman–Crippen MR) is 95.5 cm³/mol. The fourth-order valence-electron chi connectivity index (χ4n) is 2.76. The number of hydrogen-bond acceptors (Lipinski definition) is 3. The van der Waals surface area contributed by atoms with E-state index in [9.17, 15) is 13.2 Å². The molecule has 1 aliphatic carbocycles. The van der Waals surface area contributed by atoms with Gasteiger partial charge in [-0.25, -0.2) is 13.6 Å². The zero-order valence-corrected chi connectivity index (χ0v) is 15.1. The van der Waals surface area contributed by atoms with E-state index in [1.807, 2.05) is 12.1 Å². The third-order valence-corrected chi connectivity index (χ3v) is 5.56. The molecule has 5 nitrogen and oxygen atoms in total. The van der Waals surface area contributed by atoms with Gasteiger partial charge in [0, 0.05) is 9.13 Å². The number of amides is 1. The van der Waals surface area contributed by atoms with E-state index in [-0.39, 0.29) is 16.8 Å². The molecule has 7 heteroatoms. The van der Waals surface area contributed by atoms with Crippen LogP contribution in [0.3, 0.4) is 0 Å². The van der Waals surface area contributed by atoms with Gasteiger partial charge in [-0.2, -0.15) is 0 Å². The number of aryl methyl sites for hydroxylation is 1. The number of nitrogens with two attached hydrogens (primary N) is 1. The summed E-state index contributed by atoms with van der Waals surface area (Å²) in [5.41, 5.74) is 2.49. The number of primary sulfonamides is 1. The number of nitrogens with one attached hydrogen (secondary N) is 1. The normalized spacial score (nSPS) is 16.9. The van der Waals surface area contributed by atoms with Gasteiger partial charge in [0.15, 0.2) is 0 Å². The van der Waals surface area contributed by atoms with Crippen molar-refractivity contribution in [3.63, 3.8) is 0 Å². The molecule has 0 heterocycles. The molecule has 0 saturated carbocycles. The number of halogens is 1. The van der Waals surface area contributed by atoms with Crippen LogP contribution in [0.2, 0.25) is 0 Å². The molecule has 1 atom stereocenters. The molecule has 0 spiro atoms. The number of carbonyl (C=O) groups is 1. The van der Waals surface area contributed by atoms with E-state index in [4.69, 9.17) is 5.14 Å². The Morgan fingerprint density at radius 3 is 2.52 bits per heavy atom. The van der Waals surface area contributed by atoms with E-state index in [0.29, 0.717) is 5.56 Å². The van der Waals surface area contributed by atoms with Crippen molar-refractivity contribution in [3.05, 3.63) is 62.7 Å². The summed E-state index contributed by atoms with van der Waals surface area (Å²) in [4.78, 5) is 12.4. The average molecular weight is 442 g/mol. The third kappa shape index (κ3) is 3.56. The molecule has 23 heavy (non-hydrogen) atoms. The second-order valence-corrected chi connectivity index (χ2v) is 8.28. The fourth-order valence-corrected chi connectivity index (χ4v) is 3.69. The molecule has 1 unspecified atom stereocenters. The Morgan fingerprint density at radius 2 is 1.87 bits per heavy atom. The number of hydrogen-bond donors (Lipinski definition) is 2. The first-order valence-corrected chi connectivity index (χ1v) is 9.69. The van der Waals surface area contributed by atoms with Gasteiger partial charge >= 0.3 is 0 Å². The van der Waals surface area contributed by atoms with Crippen molar-refractivity contribution in [1.82, 2.24) is 5.32 Å². The summed E-state index contributed by atoms with van der Waals surface area (Å²) in [7, 11) is -3.70. The van der Waals surface area contributed by atoms with E-state index in [2.05, 4.69) is 27.9 Å². The summed E-state index contributed by atoms with van der Waals surface area (Å²) < 4.78 is 23.9. The fraction of sp³-hybridized carbons (Fsp3) is 0.188. The first-order valence-electron chi connectivity index (χ1n) is 7.06. The second kappa shape index (κ2) is 6.21. The van der Waals surface area contributed by atoms with Crippen LogP contribution in [-0.4, -0.2) is 14.3 Å². The van der Waals surface area contributed by atoms with E-state index < -0.39 is 10.0 Å². The van der Waals surface area contributed by atoms with Gasteiger partial charge in [-0.1, -0.05) is 6.07 Å². The maximum Gasteiger partial charge on any atom is 0.251 e. The molecular weight excluding hydrogens is 427 g/mol. The van der Waals surface area contributed by atoms with Crippen molar-refractivity contribution in [1.29, 1.82) is 0 Å². The molecular formula is C16H15IN2O3S. The van der Waals surface area contributed by atoms with Crippen molar-refractivity contribution < 1.29 is 13.2 Å². The van der Waals surface area contributed by atoms with E-state index >= 15 is 0 Å².